The third-order valence-corrected chi connectivity index (χ3v) is 9.07. The number of benzene rings is 2. The third-order valence-electron chi connectivity index (χ3n) is 9.07. The Bertz CT molecular complexity index is 1400. The van der Waals surface area contributed by atoms with Gasteiger partial charge in [-0.25, -0.2) is 0 Å². The first-order valence-electron chi connectivity index (χ1n) is 15.5. The number of nitrogens with one attached hydrogen (secondary N) is 1. The minimum atomic E-state index is -0.337. The molecule has 0 unspecified atom stereocenters. The first-order chi connectivity index (χ1) is 20.2. The number of aliphatic hydroxyl groups is 1. The van der Waals surface area contributed by atoms with Crippen molar-refractivity contribution >= 4 is 28.4 Å². The number of rotatable bonds is 9. The van der Waals surface area contributed by atoms with Gasteiger partial charge in [-0.1, -0.05) is 44.4 Å². The summed E-state index contributed by atoms with van der Waals surface area (Å²) in [4.78, 5) is 31.1. The molecule has 2 heterocycles. The maximum atomic E-state index is 13.8. The summed E-state index contributed by atoms with van der Waals surface area (Å²) in [6.45, 7) is 6.16. The molecule has 2 amide bonds. The van der Waals surface area contributed by atoms with Gasteiger partial charge in [0.15, 0.2) is 0 Å². The van der Waals surface area contributed by atoms with Gasteiger partial charge in [0.05, 0.1) is 24.6 Å². The van der Waals surface area contributed by atoms with Gasteiger partial charge in [0, 0.05) is 55.4 Å². The first kappa shape index (κ1) is 30.1. The van der Waals surface area contributed by atoms with Crippen molar-refractivity contribution in [2.75, 3.05) is 38.6 Å². The smallest absolute Gasteiger partial charge is 0.258 e. The summed E-state index contributed by atoms with van der Waals surface area (Å²) in [7, 11) is 4.14. The second kappa shape index (κ2) is 13.3. The molecule has 8 heteroatoms. The van der Waals surface area contributed by atoms with E-state index in [2.05, 4.69) is 24.2 Å². The zero-order valence-corrected chi connectivity index (χ0v) is 25.5. The Morgan fingerprint density at radius 1 is 1.14 bits per heavy atom. The lowest BCUT2D eigenvalue weighted by Gasteiger charge is -2.38. The minimum absolute atomic E-state index is 0.0741. The number of ether oxygens (including phenoxy) is 1. The molecule has 2 N–H and O–H groups in total. The van der Waals surface area contributed by atoms with Crippen LogP contribution in [-0.4, -0.2) is 76.7 Å². The predicted molar refractivity (Wildman–Crippen MR) is 167 cm³/mol. The summed E-state index contributed by atoms with van der Waals surface area (Å²) >= 11 is 0. The van der Waals surface area contributed by atoms with Gasteiger partial charge in [0.1, 0.15) is 11.9 Å². The molecule has 5 rings (SSSR count). The van der Waals surface area contributed by atoms with Crippen LogP contribution in [-0.2, 0) is 18.3 Å². The first-order valence-corrected chi connectivity index (χ1v) is 15.5. The fraction of sp³-hybridized carbons (Fsp3) is 0.529. The van der Waals surface area contributed by atoms with Crippen molar-refractivity contribution in [3.8, 4) is 5.75 Å². The van der Waals surface area contributed by atoms with Gasteiger partial charge in [0.2, 0.25) is 5.91 Å². The molecule has 1 saturated carbocycles. The van der Waals surface area contributed by atoms with Crippen molar-refractivity contribution in [2.24, 2.45) is 18.9 Å². The van der Waals surface area contributed by atoms with Crippen molar-refractivity contribution in [3.05, 3.63) is 59.8 Å². The van der Waals surface area contributed by atoms with E-state index in [0.717, 1.165) is 35.5 Å². The van der Waals surface area contributed by atoms with Crippen LogP contribution in [0.4, 0.5) is 5.69 Å². The number of para-hydroxylation sites is 1. The van der Waals surface area contributed by atoms with Gasteiger partial charge in [-0.15, -0.1) is 0 Å². The van der Waals surface area contributed by atoms with E-state index < -0.39 is 0 Å². The molecule has 226 valence electrons. The molecule has 2 aromatic carbocycles. The van der Waals surface area contributed by atoms with Crippen molar-refractivity contribution in [1.82, 2.24) is 14.4 Å². The van der Waals surface area contributed by atoms with Crippen LogP contribution in [0.2, 0.25) is 0 Å². The van der Waals surface area contributed by atoms with E-state index in [4.69, 9.17) is 4.74 Å². The number of aromatic nitrogens is 1. The Morgan fingerprint density at radius 3 is 2.67 bits per heavy atom. The molecule has 0 spiro atoms. The molecular formula is C34H46N4O4. The van der Waals surface area contributed by atoms with E-state index in [1.165, 1.54) is 32.1 Å². The maximum absolute atomic E-state index is 13.8. The number of aliphatic hydroxyl groups excluding tert-OH is 1. The second-order valence-corrected chi connectivity index (χ2v) is 12.6. The average Bonchev–Trinajstić information content (AvgIpc) is 3.29. The quantitative estimate of drug-likeness (QED) is 0.372. The highest BCUT2D eigenvalue weighted by atomic mass is 16.5. The summed E-state index contributed by atoms with van der Waals surface area (Å²) in [5.74, 6) is 0.974. The molecule has 0 radical (unpaired) electrons. The number of likely N-dealkylation sites (N-methyl/N-ethyl adjacent to an activating group) is 1. The van der Waals surface area contributed by atoms with E-state index in [0.29, 0.717) is 23.5 Å². The number of carbonyl (C=O) groups is 2. The number of carbonyl (C=O) groups excluding carboxylic acids is 2. The van der Waals surface area contributed by atoms with Crippen LogP contribution in [0.25, 0.3) is 10.9 Å². The van der Waals surface area contributed by atoms with Crippen molar-refractivity contribution in [3.63, 3.8) is 0 Å². The van der Waals surface area contributed by atoms with Crippen molar-refractivity contribution in [1.29, 1.82) is 0 Å². The Morgan fingerprint density at radius 2 is 1.90 bits per heavy atom. The Labute approximate surface area is 249 Å². The summed E-state index contributed by atoms with van der Waals surface area (Å²) < 4.78 is 8.61. The van der Waals surface area contributed by atoms with Gasteiger partial charge in [-0.05, 0) is 62.6 Å². The largest absolute Gasteiger partial charge is 0.488 e. The minimum Gasteiger partial charge on any atom is -0.488 e. The summed E-state index contributed by atoms with van der Waals surface area (Å²) in [5.41, 5.74) is 2.99. The number of amides is 2. The molecule has 0 bridgehead atoms. The molecule has 1 fully saturated rings. The SMILES string of the molecule is C[C@@H]1CN([C@@H](C)CO)C(=O)c2cc(NC(=O)Cc3cn(C)c4ccccc34)ccc2O[C@@H]1CN(C)CC1CCCCC1. The molecular weight excluding hydrogens is 528 g/mol. The summed E-state index contributed by atoms with van der Waals surface area (Å²) in [6, 6.07) is 13.0. The molecule has 42 heavy (non-hydrogen) atoms. The lowest BCUT2D eigenvalue weighted by atomic mass is 9.89. The van der Waals surface area contributed by atoms with Gasteiger partial charge < -0.3 is 29.5 Å². The van der Waals surface area contributed by atoms with Crippen LogP contribution >= 0.6 is 0 Å². The van der Waals surface area contributed by atoms with Crippen molar-refractivity contribution in [2.45, 2.75) is 64.5 Å². The van der Waals surface area contributed by atoms with E-state index >= 15 is 0 Å². The van der Waals surface area contributed by atoms with Crippen LogP contribution in [0.5, 0.6) is 5.75 Å². The number of nitrogens with zero attached hydrogens (tertiary/aromatic N) is 3. The average molecular weight is 575 g/mol. The molecule has 2 aliphatic rings. The molecule has 8 nitrogen and oxygen atoms in total. The zero-order valence-electron chi connectivity index (χ0n) is 25.5. The summed E-state index contributed by atoms with van der Waals surface area (Å²) in [6.07, 6.45) is 8.66. The van der Waals surface area contributed by atoms with Crippen LogP contribution in [0.1, 0.15) is 61.9 Å². The number of fused-ring (bicyclic) bond motifs is 2. The van der Waals surface area contributed by atoms with Crippen molar-refractivity contribution < 1.29 is 19.4 Å². The van der Waals surface area contributed by atoms with Crippen LogP contribution < -0.4 is 10.1 Å². The van der Waals surface area contributed by atoms with E-state index in [1.807, 2.05) is 55.1 Å². The molecule has 0 saturated heterocycles. The van der Waals surface area contributed by atoms with Gasteiger partial charge in [0.25, 0.3) is 5.91 Å². The molecule has 1 aliphatic heterocycles. The van der Waals surface area contributed by atoms with E-state index in [1.54, 1.807) is 17.0 Å². The molecule has 3 atom stereocenters. The van der Waals surface area contributed by atoms with Crippen LogP contribution in [0.15, 0.2) is 48.7 Å². The third kappa shape index (κ3) is 6.81. The fourth-order valence-electron chi connectivity index (χ4n) is 6.66. The highest BCUT2D eigenvalue weighted by Gasteiger charge is 2.34. The predicted octanol–water partition coefficient (Wildman–Crippen LogP) is 5.09. The van der Waals surface area contributed by atoms with Crippen LogP contribution in [0.3, 0.4) is 0 Å². The molecule has 1 aliphatic carbocycles. The lowest BCUT2D eigenvalue weighted by Crippen LogP contribution is -2.50. The highest BCUT2D eigenvalue weighted by Crippen LogP contribution is 2.31. The van der Waals surface area contributed by atoms with Gasteiger partial charge >= 0.3 is 0 Å². The zero-order chi connectivity index (χ0) is 29.8. The monoisotopic (exact) mass is 574 g/mol. The van der Waals surface area contributed by atoms with Gasteiger partial charge in [-0.2, -0.15) is 0 Å². The topological polar surface area (TPSA) is 87.0 Å². The number of aryl methyl sites for hydroxylation is 1. The number of hydrogen-bond donors (Lipinski definition) is 2. The number of hydrogen-bond acceptors (Lipinski definition) is 5. The maximum Gasteiger partial charge on any atom is 0.258 e. The van der Waals surface area contributed by atoms with Gasteiger partial charge in [-0.3, -0.25) is 9.59 Å². The fourth-order valence-corrected chi connectivity index (χ4v) is 6.66. The molecule has 1 aromatic heterocycles. The van der Waals surface area contributed by atoms with E-state index in [-0.39, 0.29) is 42.9 Å². The van der Waals surface area contributed by atoms with Crippen LogP contribution in [0, 0.1) is 11.8 Å². The number of anilines is 1. The Balaban J connectivity index is 1.35. The standard InChI is InChI=1S/C34H46N4O4/c1-23-18-38(24(2)22-39)34(41)29-17-27(35-33(40)16-26-20-37(4)30-13-9-8-12-28(26)30)14-15-31(29)42-32(23)21-36(3)19-25-10-6-5-7-11-25/h8-9,12-15,17,20,23-25,32,39H,5-7,10-11,16,18-19,21-22H2,1-4H3,(H,35,40)/t23-,24+,32-/m1/s1. The Hall–Kier alpha value is -3.36. The lowest BCUT2D eigenvalue weighted by molar-refractivity contribution is -0.115. The van der Waals surface area contributed by atoms with E-state index in [9.17, 15) is 14.7 Å². The summed E-state index contributed by atoms with van der Waals surface area (Å²) in [5, 5.41) is 14.0. The molecule has 3 aromatic rings. The normalized spacial score (nSPS) is 20.6. The highest BCUT2D eigenvalue weighted by molar-refractivity contribution is 6.00. The second-order valence-electron chi connectivity index (χ2n) is 12.6. The Kier molecular flexibility index (Phi) is 9.53.